The van der Waals surface area contributed by atoms with Crippen LogP contribution in [0, 0.1) is 6.92 Å². The fourth-order valence-electron chi connectivity index (χ4n) is 3.08. The lowest BCUT2D eigenvalue weighted by Crippen LogP contribution is -2.46. The largest absolute Gasteiger partial charge is 0.481 e. The lowest BCUT2D eigenvalue weighted by atomic mass is 9.84. The van der Waals surface area contributed by atoms with Crippen molar-refractivity contribution in [3.8, 4) is 0 Å². The number of ether oxygens (including phenoxy) is 1. The van der Waals surface area contributed by atoms with Gasteiger partial charge in [-0.15, -0.1) is 0 Å². The van der Waals surface area contributed by atoms with E-state index in [1.807, 2.05) is 31.2 Å². The first-order valence-corrected chi connectivity index (χ1v) is 7.57. The van der Waals surface area contributed by atoms with Crippen LogP contribution >= 0.6 is 0 Å². The van der Waals surface area contributed by atoms with Crippen LogP contribution in [0.2, 0.25) is 0 Å². The molecule has 124 valence electrons. The molecular formula is C18H18N2O4. The van der Waals surface area contributed by atoms with Crippen molar-refractivity contribution < 1.29 is 19.4 Å². The summed E-state index contributed by atoms with van der Waals surface area (Å²) in [7, 11) is 1.31. The lowest BCUT2D eigenvalue weighted by molar-refractivity contribution is -0.139. The Morgan fingerprint density at radius 3 is 2.62 bits per heavy atom. The molecule has 1 atom stereocenters. The van der Waals surface area contributed by atoms with E-state index in [4.69, 9.17) is 4.74 Å². The minimum Gasteiger partial charge on any atom is -0.481 e. The molecule has 2 aliphatic rings. The summed E-state index contributed by atoms with van der Waals surface area (Å²) in [6, 6.07) is 7.73. The fourth-order valence-corrected chi connectivity index (χ4v) is 3.08. The standard InChI is InChI=1S/C18H18N2O4/c1-12-3-6-14(7-4-12)18(9-16(21)22)11-19-15-8-5-13(10-20(15)18)17(23)24-2/h3-8,10H,9,11H2,1-2H3,(H,21,22). The minimum absolute atomic E-state index is 0.123. The number of aryl methyl sites for hydroxylation is 1. The van der Waals surface area contributed by atoms with E-state index in [1.165, 1.54) is 7.11 Å². The second-order valence-electron chi connectivity index (χ2n) is 5.92. The molecule has 1 aromatic carbocycles. The van der Waals surface area contributed by atoms with E-state index in [2.05, 4.69) is 4.99 Å². The fraction of sp³-hybridized carbons (Fsp3) is 0.278. The Balaban J connectivity index is 2.08. The number of esters is 1. The van der Waals surface area contributed by atoms with Gasteiger partial charge in [-0.25, -0.2) is 4.79 Å². The van der Waals surface area contributed by atoms with Crippen LogP contribution < -0.4 is 0 Å². The van der Waals surface area contributed by atoms with Gasteiger partial charge in [-0.05, 0) is 24.6 Å². The van der Waals surface area contributed by atoms with Gasteiger partial charge in [0.15, 0.2) is 0 Å². The van der Waals surface area contributed by atoms with E-state index in [9.17, 15) is 14.7 Å². The van der Waals surface area contributed by atoms with Gasteiger partial charge in [0.1, 0.15) is 11.4 Å². The Bertz CT molecular complexity index is 777. The molecule has 1 N–H and O–H groups in total. The topological polar surface area (TPSA) is 79.2 Å². The quantitative estimate of drug-likeness (QED) is 0.856. The molecular weight excluding hydrogens is 308 g/mol. The number of amidine groups is 1. The highest BCUT2D eigenvalue weighted by molar-refractivity contribution is 6.02. The molecule has 0 saturated heterocycles. The van der Waals surface area contributed by atoms with Gasteiger partial charge >= 0.3 is 11.9 Å². The van der Waals surface area contributed by atoms with Crippen LogP contribution in [0.4, 0.5) is 0 Å². The molecule has 0 aliphatic carbocycles. The molecule has 0 spiro atoms. The van der Waals surface area contributed by atoms with Gasteiger partial charge in [-0.3, -0.25) is 9.79 Å². The van der Waals surface area contributed by atoms with Gasteiger partial charge in [-0.2, -0.15) is 0 Å². The zero-order valence-corrected chi connectivity index (χ0v) is 13.5. The van der Waals surface area contributed by atoms with Gasteiger partial charge < -0.3 is 14.7 Å². The molecule has 1 aromatic rings. The van der Waals surface area contributed by atoms with E-state index in [0.717, 1.165) is 11.1 Å². The summed E-state index contributed by atoms with van der Waals surface area (Å²) in [5, 5.41) is 9.46. The summed E-state index contributed by atoms with van der Waals surface area (Å²) in [5.41, 5.74) is 1.46. The molecule has 0 amide bonds. The maximum absolute atomic E-state index is 11.8. The number of aliphatic imine (C=N–C) groups is 1. The van der Waals surface area contributed by atoms with Crippen LogP contribution in [0.3, 0.4) is 0 Å². The monoisotopic (exact) mass is 326 g/mol. The van der Waals surface area contributed by atoms with E-state index in [-0.39, 0.29) is 6.42 Å². The second kappa shape index (κ2) is 5.96. The number of carboxylic acids is 1. The van der Waals surface area contributed by atoms with Crippen molar-refractivity contribution in [2.75, 3.05) is 13.7 Å². The van der Waals surface area contributed by atoms with Gasteiger partial charge in [0.05, 0.1) is 25.6 Å². The van der Waals surface area contributed by atoms with Gasteiger partial charge in [0.2, 0.25) is 0 Å². The van der Waals surface area contributed by atoms with Crippen molar-refractivity contribution in [1.29, 1.82) is 0 Å². The van der Waals surface area contributed by atoms with Gasteiger partial charge in [0.25, 0.3) is 0 Å². The van der Waals surface area contributed by atoms with Crippen molar-refractivity contribution in [2.24, 2.45) is 4.99 Å². The number of carbonyl (C=O) groups is 2. The van der Waals surface area contributed by atoms with Crippen LogP contribution in [0.5, 0.6) is 0 Å². The van der Waals surface area contributed by atoms with Crippen LogP contribution in [-0.2, 0) is 19.9 Å². The lowest BCUT2D eigenvalue weighted by Gasteiger charge is -2.38. The summed E-state index contributed by atoms with van der Waals surface area (Å²) >= 11 is 0. The Morgan fingerprint density at radius 2 is 2.00 bits per heavy atom. The zero-order valence-electron chi connectivity index (χ0n) is 13.5. The Morgan fingerprint density at radius 1 is 1.29 bits per heavy atom. The SMILES string of the molecule is COC(=O)C1=CN2C(=NCC2(CC(=O)O)c2ccc(C)cc2)C=C1. The highest BCUT2D eigenvalue weighted by Gasteiger charge is 2.46. The number of methoxy groups -OCH3 is 1. The van der Waals surface area contributed by atoms with Crippen LogP contribution in [0.15, 0.2) is 53.2 Å². The first-order valence-electron chi connectivity index (χ1n) is 7.57. The summed E-state index contributed by atoms with van der Waals surface area (Å²) in [6.45, 7) is 2.29. The number of hydrogen-bond acceptors (Lipinski definition) is 5. The third-order valence-electron chi connectivity index (χ3n) is 4.34. The van der Waals surface area contributed by atoms with E-state index in [1.54, 1.807) is 23.3 Å². The average Bonchev–Trinajstić information content (AvgIpc) is 2.93. The molecule has 0 fully saturated rings. The predicted molar refractivity (Wildman–Crippen MR) is 88.5 cm³/mol. The smallest absolute Gasteiger partial charge is 0.339 e. The average molecular weight is 326 g/mol. The minimum atomic E-state index is -0.922. The highest BCUT2D eigenvalue weighted by atomic mass is 16.5. The molecule has 0 radical (unpaired) electrons. The molecule has 2 aliphatic heterocycles. The van der Waals surface area contributed by atoms with Crippen LogP contribution in [-0.4, -0.2) is 41.4 Å². The number of fused-ring (bicyclic) bond motifs is 1. The number of carbonyl (C=O) groups excluding carboxylic acids is 1. The molecule has 0 aromatic heterocycles. The second-order valence-corrected chi connectivity index (χ2v) is 5.92. The Kier molecular flexibility index (Phi) is 3.97. The summed E-state index contributed by atoms with van der Waals surface area (Å²) in [6.07, 6.45) is 4.85. The van der Waals surface area contributed by atoms with Gasteiger partial charge in [-0.1, -0.05) is 29.8 Å². The Labute approximate surface area is 139 Å². The van der Waals surface area contributed by atoms with Crippen molar-refractivity contribution in [3.63, 3.8) is 0 Å². The van der Waals surface area contributed by atoms with Crippen molar-refractivity contribution in [3.05, 3.63) is 59.3 Å². The molecule has 0 bridgehead atoms. The maximum Gasteiger partial charge on any atom is 0.339 e. The first kappa shape index (κ1) is 16.0. The molecule has 1 unspecified atom stereocenters. The normalized spacial score (nSPS) is 21.8. The molecule has 3 rings (SSSR count). The van der Waals surface area contributed by atoms with Crippen molar-refractivity contribution in [1.82, 2.24) is 4.90 Å². The summed E-state index contributed by atoms with van der Waals surface area (Å²) in [5.74, 6) is -0.746. The van der Waals surface area contributed by atoms with Crippen molar-refractivity contribution in [2.45, 2.75) is 18.9 Å². The third-order valence-corrected chi connectivity index (χ3v) is 4.34. The van der Waals surface area contributed by atoms with Gasteiger partial charge in [0, 0.05) is 6.20 Å². The number of carboxylic acid groups (broad SMARTS) is 1. The van der Waals surface area contributed by atoms with E-state index < -0.39 is 17.5 Å². The Hall–Kier alpha value is -2.89. The molecule has 24 heavy (non-hydrogen) atoms. The molecule has 2 heterocycles. The van der Waals surface area contributed by atoms with Crippen LogP contribution in [0.25, 0.3) is 0 Å². The third kappa shape index (κ3) is 2.60. The summed E-state index contributed by atoms with van der Waals surface area (Å²) in [4.78, 5) is 29.6. The number of aliphatic carboxylic acids is 1. The van der Waals surface area contributed by atoms with Crippen molar-refractivity contribution >= 4 is 17.8 Å². The van der Waals surface area contributed by atoms with E-state index in [0.29, 0.717) is 18.0 Å². The predicted octanol–water partition coefficient (Wildman–Crippen LogP) is 2.01. The maximum atomic E-state index is 11.8. The summed E-state index contributed by atoms with van der Waals surface area (Å²) < 4.78 is 4.77. The molecule has 0 saturated carbocycles. The number of hydrogen-bond donors (Lipinski definition) is 1. The number of rotatable bonds is 4. The van der Waals surface area contributed by atoms with E-state index >= 15 is 0 Å². The van der Waals surface area contributed by atoms with Crippen LogP contribution in [0.1, 0.15) is 17.5 Å². The first-order chi connectivity index (χ1) is 11.5. The number of benzene rings is 1. The zero-order chi connectivity index (χ0) is 17.3. The number of nitrogens with zero attached hydrogens (tertiary/aromatic N) is 2. The highest BCUT2D eigenvalue weighted by Crippen LogP contribution is 2.39. The molecule has 6 heteroatoms. The molecule has 6 nitrogen and oxygen atoms in total.